The lowest BCUT2D eigenvalue weighted by atomic mass is 10.2. The number of aliphatic imine (C=N–C) groups is 1. The smallest absolute Gasteiger partial charge is 0.191 e. The Balaban J connectivity index is 2.45. The molecule has 0 saturated heterocycles. The molecule has 0 amide bonds. The van der Waals surface area contributed by atoms with Gasteiger partial charge in [0.25, 0.3) is 0 Å². The molecule has 0 bridgehead atoms. The van der Waals surface area contributed by atoms with Gasteiger partial charge in [-0.05, 0) is 31.0 Å². The number of rotatable bonds is 14. The van der Waals surface area contributed by atoms with Gasteiger partial charge in [-0.1, -0.05) is 12.1 Å². The van der Waals surface area contributed by atoms with E-state index in [1.54, 1.807) is 7.11 Å². The first-order valence-corrected chi connectivity index (χ1v) is 11.5. The molecular formula is C19H33N3O5S. The van der Waals surface area contributed by atoms with Gasteiger partial charge < -0.3 is 24.8 Å². The summed E-state index contributed by atoms with van der Waals surface area (Å²) in [7, 11) is -1.36. The van der Waals surface area contributed by atoms with Crippen LogP contribution in [0, 0.1) is 0 Å². The Morgan fingerprint density at radius 3 is 2.39 bits per heavy atom. The van der Waals surface area contributed by atoms with E-state index in [9.17, 15) is 8.42 Å². The third kappa shape index (κ3) is 12.5. The molecule has 0 aliphatic heterocycles. The van der Waals surface area contributed by atoms with Crippen molar-refractivity contribution >= 4 is 15.8 Å². The summed E-state index contributed by atoms with van der Waals surface area (Å²) < 4.78 is 38.0. The molecule has 1 aromatic rings. The van der Waals surface area contributed by atoms with Gasteiger partial charge in [-0.3, -0.25) is 0 Å². The summed E-state index contributed by atoms with van der Waals surface area (Å²) in [5, 5.41) is 6.47. The highest BCUT2D eigenvalue weighted by molar-refractivity contribution is 7.90. The molecule has 0 saturated carbocycles. The van der Waals surface area contributed by atoms with Gasteiger partial charge in [-0.15, -0.1) is 0 Å². The Hall–Kier alpha value is -1.84. The van der Waals surface area contributed by atoms with Crippen LogP contribution in [0.4, 0.5) is 0 Å². The monoisotopic (exact) mass is 415 g/mol. The number of hydrogen-bond acceptors (Lipinski definition) is 6. The van der Waals surface area contributed by atoms with Crippen molar-refractivity contribution in [2.75, 3.05) is 58.6 Å². The molecular weight excluding hydrogens is 382 g/mol. The Morgan fingerprint density at radius 1 is 1.04 bits per heavy atom. The Labute approximate surface area is 168 Å². The number of sulfone groups is 1. The van der Waals surface area contributed by atoms with Crippen molar-refractivity contribution in [1.29, 1.82) is 0 Å². The van der Waals surface area contributed by atoms with Gasteiger partial charge >= 0.3 is 0 Å². The first kappa shape index (κ1) is 24.2. The van der Waals surface area contributed by atoms with Gasteiger partial charge in [0.15, 0.2) is 5.96 Å². The van der Waals surface area contributed by atoms with Crippen LogP contribution in [-0.2, 0) is 25.9 Å². The van der Waals surface area contributed by atoms with Crippen molar-refractivity contribution < 1.29 is 22.6 Å². The summed E-state index contributed by atoms with van der Waals surface area (Å²) in [4.78, 5) is 4.59. The molecule has 8 nitrogen and oxygen atoms in total. The summed E-state index contributed by atoms with van der Waals surface area (Å²) in [6.07, 6.45) is 2.08. The van der Waals surface area contributed by atoms with E-state index >= 15 is 0 Å². The number of benzene rings is 1. The maximum atomic E-state index is 11.1. The van der Waals surface area contributed by atoms with Crippen LogP contribution in [0.5, 0.6) is 5.75 Å². The first-order chi connectivity index (χ1) is 13.4. The molecule has 0 atom stereocenters. The molecule has 0 spiro atoms. The van der Waals surface area contributed by atoms with E-state index in [1.165, 1.54) is 6.26 Å². The first-order valence-electron chi connectivity index (χ1n) is 9.43. The fourth-order valence-corrected chi connectivity index (χ4v) is 2.58. The number of guanidine groups is 1. The molecule has 28 heavy (non-hydrogen) atoms. The van der Waals surface area contributed by atoms with E-state index < -0.39 is 9.84 Å². The Morgan fingerprint density at radius 2 is 1.75 bits per heavy atom. The molecule has 0 heterocycles. The molecule has 160 valence electrons. The van der Waals surface area contributed by atoms with E-state index in [4.69, 9.17) is 14.2 Å². The van der Waals surface area contributed by atoms with Gasteiger partial charge in [-0.2, -0.15) is 0 Å². The zero-order chi connectivity index (χ0) is 20.7. The molecule has 0 aliphatic rings. The van der Waals surface area contributed by atoms with Crippen LogP contribution in [0.15, 0.2) is 29.3 Å². The SMILES string of the molecule is CCOCCCNC(=NCc1ccc(OC)cc1)NCCOCCS(C)(=O)=O. The van der Waals surface area contributed by atoms with Crippen molar-refractivity contribution in [3.05, 3.63) is 29.8 Å². The van der Waals surface area contributed by atoms with E-state index in [0.717, 1.165) is 24.3 Å². The van der Waals surface area contributed by atoms with Crippen molar-refractivity contribution in [2.45, 2.75) is 19.9 Å². The summed E-state index contributed by atoms with van der Waals surface area (Å²) in [5.41, 5.74) is 1.07. The highest BCUT2D eigenvalue weighted by Gasteiger charge is 2.02. The summed E-state index contributed by atoms with van der Waals surface area (Å²) in [6, 6.07) is 7.76. The number of methoxy groups -OCH3 is 1. The summed E-state index contributed by atoms with van der Waals surface area (Å²) in [6.45, 7) is 5.77. The normalized spacial score (nSPS) is 12.0. The minimum atomic E-state index is -2.99. The lowest BCUT2D eigenvalue weighted by Gasteiger charge is -2.13. The zero-order valence-electron chi connectivity index (χ0n) is 17.1. The molecule has 1 aromatic carbocycles. The lowest BCUT2D eigenvalue weighted by Crippen LogP contribution is -2.40. The number of ether oxygens (including phenoxy) is 3. The number of nitrogens with zero attached hydrogens (tertiary/aromatic N) is 1. The van der Waals surface area contributed by atoms with Gasteiger partial charge in [0.1, 0.15) is 15.6 Å². The predicted octanol–water partition coefficient (Wildman–Crippen LogP) is 1.22. The average molecular weight is 416 g/mol. The maximum absolute atomic E-state index is 11.1. The third-order valence-electron chi connectivity index (χ3n) is 3.68. The Bertz CT molecular complexity index is 663. The molecule has 0 aliphatic carbocycles. The fourth-order valence-electron chi connectivity index (χ4n) is 2.15. The van der Waals surface area contributed by atoms with E-state index in [-0.39, 0.29) is 12.4 Å². The van der Waals surface area contributed by atoms with Crippen LogP contribution in [-0.4, -0.2) is 73.0 Å². The van der Waals surface area contributed by atoms with E-state index in [2.05, 4.69) is 15.6 Å². The van der Waals surface area contributed by atoms with E-state index in [1.807, 2.05) is 31.2 Å². The number of nitrogens with one attached hydrogen (secondary N) is 2. The maximum Gasteiger partial charge on any atom is 0.191 e. The van der Waals surface area contributed by atoms with Crippen LogP contribution < -0.4 is 15.4 Å². The fraction of sp³-hybridized carbons (Fsp3) is 0.632. The van der Waals surface area contributed by atoms with Crippen molar-refractivity contribution in [2.24, 2.45) is 4.99 Å². The highest BCUT2D eigenvalue weighted by atomic mass is 32.2. The zero-order valence-corrected chi connectivity index (χ0v) is 17.9. The van der Waals surface area contributed by atoms with Gasteiger partial charge in [0.05, 0.1) is 32.6 Å². The quantitative estimate of drug-likeness (QED) is 0.268. The molecule has 0 unspecified atom stereocenters. The molecule has 0 aromatic heterocycles. The third-order valence-corrected chi connectivity index (χ3v) is 4.59. The molecule has 0 radical (unpaired) electrons. The number of hydrogen-bond donors (Lipinski definition) is 2. The molecule has 0 fully saturated rings. The van der Waals surface area contributed by atoms with Crippen molar-refractivity contribution in [3.8, 4) is 5.75 Å². The van der Waals surface area contributed by atoms with Crippen LogP contribution in [0.3, 0.4) is 0 Å². The summed E-state index contributed by atoms with van der Waals surface area (Å²) >= 11 is 0. The van der Waals surface area contributed by atoms with Gasteiger partial charge in [0, 0.05) is 32.6 Å². The highest BCUT2D eigenvalue weighted by Crippen LogP contribution is 2.11. The standard InChI is InChI=1S/C19H33N3O5S/c1-4-26-12-5-10-20-19(21-11-13-27-14-15-28(3,23)24)22-16-17-6-8-18(25-2)9-7-17/h6-9H,4-5,10-16H2,1-3H3,(H2,20,21,22). The molecule has 1 rings (SSSR count). The second-order valence-corrected chi connectivity index (χ2v) is 8.42. The van der Waals surface area contributed by atoms with Gasteiger partial charge in [0.2, 0.25) is 0 Å². The van der Waals surface area contributed by atoms with Crippen LogP contribution in [0.25, 0.3) is 0 Å². The van der Waals surface area contributed by atoms with Crippen LogP contribution in [0.1, 0.15) is 18.9 Å². The van der Waals surface area contributed by atoms with Crippen LogP contribution in [0.2, 0.25) is 0 Å². The van der Waals surface area contributed by atoms with Crippen molar-refractivity contribution in [1.82, 2.24) is 10.6 Å². The van der Waals surface area contributed by atoms with Crippen molar-refractivity contribution in [3.63, 3.8) is 0 Å². The second-order valence-electron chi connectivity index (χ2n) is 6.16. The minimum Gasteiger partial charge on any atom is -0.497 e. The topological polar surface area (TPSA) is 98.2 Å². The predicted molar refractivity (Wildman–Crippen MR) is 112 cm³/mol. The Kier molecular flexibility index (Phi) is 12.3. The largest absolute Gasteiger partial charge is 0.497 e. The lowest BCUT2D eigenvalue weighted by molar-refractivity contribution is 0.145. The van der Waals surface area contributed by atoms with E-state index in [0.29, 0.717) is 38.9 Å². The average Bonchev–Trinajstić information content (AvgIpc) is 2.67. The van der Waals surface area contributed by atoms with Gasteiger partial charge in [-0.25, -0.2) is 13.4 Å². The minimum absolute atomic E-state index is 0.0289. The summed E-state index contributed by atoms with van der Waals surface area (Å²) in [5.74, 6) is 1.52. The second kappa shape index (κ2) is 14.2. The van der Waals surface area contributed by atoms with Crippen LogP contribution >= 0.6 is 0 Å². The molecule has 2 N–H and O–H groups in total. The molecule has 9 heteroatoms.